The van der Waals surface area contributed by atoms with Crippen molar-refractivity contribution in [3.63, 3.8) is 0 Å². The van der Waals surface area contributed by atoms with Crippen LogP contribution in [0.3, 0.4) is 0 Å². The van der Waals surface area contributed by atoms with E-state index in [1.807, 2.05) is 72.8 Å². The van der Waals surface area contributed by atoms with Gasteiger partial charge in [0, 0.05) is 49.0 Å². The Morgan fingerprint density at radius 1 is 0.648 bits per heavy atom. The Morgan fingerprint density at radius 2 is 1.17 bits per heavy atom. The average Bonchev–Trinajstić information content (AvgIpc) is 3.62. The van der Waals surface area contributed by atoms with Gasteiger partial charge in [-0.3, -0.25) is 29.0 Å². The van der Waals surface area contributed by atoms with Gasteiger partial charge in [0.05, 0.1) is 61.5 Å². The lowest BCUT2D eigenvalue weighted by molar-refractivity contribution is -0.126. The molecule has 4 amide bonds. The Balaban J connectivity index is 1.07. The minimum absolute atomic E-state index is 0.0641. The number of phenols is 1. The summed E-state index contributed by atoms with van der Waals surface area (Å²) >= 11 is 0. The molecule has 6 atom stereocenters. The third-order valence-corrected chi connectivity index (χ3v) is 12.5. The molecule has 5 fully saturated rings. The maximum atomic E-state index is 14.7. The monoisotopic (exact) mass is 728 g/mol. The molecule has 6 aliphatic rings. The molecule has 0 spiro atoms. The van der Waals surface area contributed by atoms with E-state index in [-0.39, 0.29) is 35.8 Å². The number of ether oxygens (including phenoxy) is 2. The van der Waals surface area contributed by atoms with Crippen LogP contribution in [-0.2, 0) is 35.1 Å². The summed E-state index contributed by atoms with van der Waals surface area (Å²) in [5.41, 5.74) is 5.09. The largest absolute Gasteiger partial charge is 0.507 e. The van der Waals surface area contributed by atoms with E-state index in [9.17, 15) is 24.3 Å². The molecule has 4 saturated heterocycles. The van der Waals surface area contributed by atoms with E-state index in [1.54, 1.807) is 6.08 Å². The van der Waals surface area contributed by atoms with Crippen LogP contribution in [0.1, 0.15) is 29.9 Å². The second-order valence-electron chi connectivity index (χ2n) is 15.1. The van der Waals surface area contributed by atoms with E-state index in [0.717, 1.165) is 43.1 Å². The molecule has 3 aromatic carbocycles. The second-order valence-corrected chi connectivity index (χ2v) is 15.1. The lowest BCUT2D eigenvalue weighted by atomic mass is 9.57. The van der Waals surface area contributed by atoms with Crippen molar-refractivity contribution in [2.24, 2.45) is 29.6 Å². The number of morpholine rings is 2. The number of carbonyl (C=O) groups is 4. The van der Waals surface area contributed by atoms with Crippen molar-refractivity contribution >= 4 is 46.4 Å². The molecule has 4 heterocycles. The molecule has 0 bridgehead atoms. The number of allylic oxidation sites excluding steroid dienone is 3. The van der Waals surface area contributed by atoms with Crippen LogP contribution in [0.25, 0.3) is 0 Å². The quantitative estimate of drug-likeness (QED) is 0.269. The first-order valence-electron chi connectivity index (χ1n) is 19.1. The molecule has 278 valence electrons. The van der Waals surface area contributed by atoms with Gasteiger partial charge < -0.3 is 24.4 Å². The number of aromatic hydroxyl groups is 1. The lowest BCUT2D eigenvalue weighted by Gasteiger charge is -2.44. The normalized spacial score (nSPS) is 28.2. The number of rotatable bonds is 7. The van der Waals surface area contributed by atoms with Crippen LogP contribution in [0, 0.1) is 29.6 Å². The van der Waals surface area contributed by atoms with Gasteiger partial charge in [0.2, 0.25) is 23.6 Å². The van der Waals surface area contributed by atoms with Crippen molar-refractivity contribution in [1.82, 2.24) is 0 Å². The van der Waals surface area contributed by atoms with Crippen molar-refractivity contribution < 1.29 is 33.8 Å². The van der Waals surface area contributed by atoms with Crippen molar-refractivity contribution in [3.8, 4) is 5.75 Å². The zero-order valence-corrected chi connectivity index (χ0v) is 30.1. The maximum Gasteiger partial charge on any atom is 0.238 e. The number of fused-ring (bicyclic) bond motifs is 4. The van der Waals surface area contributed by atoms with E-state index >= 15 is 0 Å². The van der Waals surface area contributed by atoms with Gasteiger partial charge in [-0.25, -0.2) is 0 Å². The Hall–Kier alpha value is -5.26. The number of phenolic OH excluding ortho intramolecular Hbond substituents is 1. The highest BCUT2D eigenvalue weighted by molar-refractivity contribution is 6.24. The Labute approximate surface area is 314 Å². The van der Waals surface area contributed by atoms with Crippen LogP contribution >= 0.6 is 0 Å². The average molecular weight is 729 g/mol. The molecule has 1 N–H and O–H groups in total. The summed E-state index contributed by atoms with van der Waals surface area (Å²) in [6, 6.07) is 20.6. The van der Waals surface area contributed by atoms with Crippen LogP contribution in [0.5, 0.6) is 5.75 Å². The van der Waals surface area contributed by atoms with Gasteiger partial charge in [0.15, 0.2) is 0 Å². The van der Waals surface area contributed by atoms with Gasteiger partial charge in [-0.05, 0) is 79.3 Å². The van der Waals surface area contributed by atoms with Gasteiger partial charge in [-0.15, -0.1) is 6.58 Å². The van der Waals surface area contributed by atoms with Gasteiger partial charge in [0.25, 0.3) is 0 Å². The van der Waals surface area contributed by atoms with Crippen molar-refractivity contribution in [1.29, 1.82) is 0 Å². The second kappa shape index (κ2) is 13.9. The first-order chi connectivity index (χ1) is 26.4. The topological polar surface area (TPSA) is 120 Å². The van der Waals surface area contributed by atoms with E-state index in [0.29, 0.717) is 61.8 Å². The number of para-hydroxylation sites is 1. The molecular formula is C43H44N4O7. The number of hydrogen-bond donors (Lipinski definition) is 1. The highest BCUT2D eigenvalue weighted by atomic mass is 16.5. The van der Waals surface area contributed by atoms with Gasteiger partial charge in [-0.2, -0.15) is 0 Å². The maximum absolute atomic E-state index is 14.7. The molecule has 54 heavy (non-hydrogen) atoms. The number of imide groups is 2. The van der Waals surface area contributed by atoms with Gasteiger partial charge in [-0.1, -0.05) is 35.9 Å². The van der Waals surface area contributed by atoms with Crippen molar-refractivity contribution in [2.45, 2.75) is 25.2 Å². The minimum Gasteiger partial charge on any atom is -0.507 e. The molecule has 0 radical (unpaired) electrons. The summed E-state index contributed by atoms with van der Waals surface area (Å²) < 4.78 is 11.0. The SMILES string of the molecule is C=CCc1cccc([C@H]2C3=CC[C@@H]4C(=O)N(c5ccc(N6CCOCC6)cc5)C(=O)[C@@H]4[C@@H]3C[C@H]3C(=O)N(c4ccc(N5CCOCC5)cc4)C(=O)[C@@H]23)c1O. The zero-order valence-electron chi connectivity index (χ0n) is 30.1. The summed E-state index contributed by atoms with van der Waals surface area (Å²) in [4.78, 5) is 64.9. The summed E-state index contributed by atoms with van der Waals surface area (Å²) in [7, 11) is 0. The highest BCUT2D eigenvalue weighted by Crippen LogP contribution is 2.59. The van der Waals surface area contributed by atoms with E-state index < -0.39 is 35.5 Å². The minimum atomic E-state index is -0.781. The molecule has 11 heteroatoms. The predicted octanol–water partition coefficient (Wildman–Crippen LogP) is 4.84. The molecule has 3 aromatic rings. The van der Waals surface area contributed by atoms with Crippen LogP contribution in [0.2, 0.25) is 0 Å². The lowest BCUT2D eigenvalue weighted by Crippen LogP contribution is -2.43. The first kappa shape index (κ1) is 34.5. The molecule has 2 aliphatic carbocycles. The smallest absolute Gasteiger partial charge is 0.238 e. The number of benzene rings is 3. The first-order valence-corrected chi connectivity index (χ1v) is 19.1. The molecule has 4 aliphatic heterocycles. The Morgan fingerprint density at radius 3 is 1.72 bits per heavy atom. The number of carbonyl (C=O) groups excluding carboxylic acids is 4. The van der Waals surface area contributed by atoms with Gasteiger partial charge in [0.1, 0.15) is 5.75 Å². The predicted molar refractivity (Wildman–Crippen MR) is 203 cm³/mol. The fourth-order valence-corrected chi connectivity index (χ4v) is 9.90. The molecular weight excluding hydrogens is 684 g/mol. The zero-order chi connectivity index (χ0) is 37.1. The van der Waals surface area contributed by atoms with Gasteiger partial charge >= 0.3 is 0 Å². The van der Waals surface area contributed by atoms with E-state index in [4.69, 9.17) is 9.47 Å². The van der Waals surface area contributed by atoms with Crippen LogP contribution in [0.4, 0.5) is 22.7 Å². The Bertz CT molecular complexity index is 2030. The van der Waals surface area contributed by atoms with Crippen LogP contribution in [-0.4, -0.2) is 81.3 Å². The van der Waals surface area contributed by atoms with E-state index in [1.165, 1.54) is 9.80 Å². The standard InChI is InChI=1S/C43H44N4O7/c1-2-4-26-5-3-6-32(39(26)48)36-31-15-16-33-37(42(51)46(40(33)49)29-11-7-27(8-12-29)44-17-21-53-22-18-44)34(31)25-35-38(36)43(52)47(41(35)50)30-13-9-28(10-14-30)45-19-23-54-24-20-45/h2-3,5-15,33-38,48H,1,4,16-25H2/t33-,34+,35+,36+,37-,38+/m0/s1. The molecule has 0 aromatic heterocycles. The van der Waals surface area contributed by atoms with Crippen molar-refractivity contribution in [3.05, 3.63) is 102 Å². The summed E-state index contributed by atoms with van der Waals surface area (Å²) in [5, 5.41) is 11.7. The molecule has 1 saturated carbocycles. The number of hydrogen-bond acceptors (Lipinski definition) is 9. The van der Waals surface area contributed by atoms with Crippen LogP contribution < -0.4 is 19.6 Å². The van der Waals surface area contributed by atoms with E-state index in [2.05, 4.69) is 16.4 Å². The summed E-state index contributed by atoms with van der Waals surface area (Å²) in [6.07, 6.45) is 4.75. The number of anilines is 4. The highest BCUT2D eigenvalue weighted by Gasteiger charge is 2.62. The third kappa shape index (κ3) is 5.55. The molecule has 11 nitrogen and oxygen atoms in total. The summed E-state index contributed by atoms with van der Waals surface area (Å²) in [5.74, 6) is -5.02. The van der Waals surface area contributed by atoms with Crippen LogP contribution in [0.15, 0.2) is 91.0 Å². The fraction of sp³-hybridized carbons (Fsp3) is 0.395. The number of nitrogens with zero attached hydrogens (tertiary/aromatic N) is 4. The Kier molecular flexibility index (Phi) is 8.86. The fourth-order valence-electron chi connectivity index (χ4n) is 9.90. The third-order valence-electron chi connectivity index (χ3n) is 12.5. The molecule has 9 rings (SSSR count). The summed E-state index contributed by atoms with van der Waals surface area (Å²) in [6.45, 7) is 9.51. The molecule has 0 unspecified atom stereocenters. The number of amides is 4. The van der Waals surface area contributed by atoms with Crippen molar-refractivity contribution in [2.75, 3.05) is 72.2 Å².